The fourth-order valence-corrected chi connectivity index (χ4v) is 2.17. The average Bonchev–Trinajstić information content (AvgIpc) is 2.84. The Bertz CT molecular complexity index is 415. The van der Waals surface area contributed by atoms with Crippen molar-refractivity contribution in [2.75, 3.05) is 0 Å². The highest BCUT2D eigenvalue weighted by atomic mass is 16.4. The summed E-state index contributed by atoms with van der Waals surface area (Å²) in [5.74, 6) is -0.948. The third-order valence-electron chi connectivity index (χ3n) is 3.63. The molecule has 1 heterocycles. The zero-order valence-corrected chi connectivity index (χ0v) is 13.0. The Labute approximate surface area is 121 Å². The zero-order valence-electron chi connectivity index (χ0n) is 13.0. The fraction of sp³-hybridized carbons (Fsp3) is 0.733. The summed E-state index contributed by atoms with van der Waals surface area (Å²) in [5.41, 5.74) is 1.19. The van der Waals surface area contributed by atoms with Crippen LogP contribution in [0.15, 0.2) is 12.5 Å². The molecule has 1 rings (SSSR count). The van der Waals surface area contributed by atoms with E-state index in [1.807, 2.05) is 12.5 Å². The molecule has 20 heavy (non-hydrogen) atoms. The SMILES string of the molecule is CC(CCCC(C)C(=O)O)NCc1cncn1C(C)C. The Morgan fingerprint density at radius 3 is 2.65 bits per heavy atom. The van der Waals surface area contributed by atoms with Gasteiger partial charge in [-0.05, 0) is 33.6 Å². The lowest BCUT2D eigenvalue weighted by atomic mass is 10.0. The molecule has 1 aromatic rings. The number of imidazole rings is 1. The lowest BCUT2D eigenvalue weighted by Crippen LogP contribution is -2.27. The third-order valence-corrected chi connectivity index (χ3v) is 3.63. The van der Waals surface area contributed by atoms with Gasteiger partial charge in [0.25, 0.3) is 0 Å². The van der Waals surface area contributed by atoms with Crippen LogP contribution in [0.4, 0.5) is 0 Å². The lowest BCUT2D eigenvalue weighted by Gasteiger charge is -2.16. The van der Waals surface area contributed by atoms with Crippen LogP contribution in [0.25, 0.3) is 0 Å². The number of carbonyl (C=O) groups is 1. The first-order valence-corrected chi connectivity index (χ1v) is 7.38. The van der Waals surface area contributed by atoms with Crippen molar-refractivity contribution >= 4 is 5.97 Å². The molecule has 0 aliphatic rings. The molecule has 0 saturated heterocycles. The third kappa shape index (κ3) is 5.33. The van der Waals surface area contributed by atoms with E-state index in [2.05, 4.69) is 35.6 Å². The standard InChI is InChI=1S/C15H27N3O2/c1-11(2)18-10-16-8-14(18)9-17-13(4)7-5-6-12(3)15(19)20/h8,10-13,17H,5-7,9H2,1-4H3,(H,19,20). The highest BCUT2D eigenvalue weighted by Gasteiger charge is 2.11. The van der Waals surface area contributed by atoms with Crippen LogP contribution in [0.2, 0.25) is 0 Å². The maximum atomic E-state index is 10.7. The highest BCUT2D eigenvalue weighted by molar-refractivity contribution is 5.69. The Kier molecular flexibility index (Phi) is 6.71. The van der Waals surface area contributed by atoms with E-state index in [1.54, 1.807) is 6.92 Å². The summed E-state index contributed by atoms with van der Waals surface area (Å²) < 4.78 is 2.16. The molecule has 114 valence electrons. The summed E-state index contributed by atoms with van der Waals surface area (Å²) >= 11 is 0. The first kappa shape index (κ1) is 16.7. The number of carboxylic acids is 1. The molecule has 0 radical (unpaired) electrons. The van der Waals surface area contributed by atoms with Crippen LogP contribution in [0.1, 0.15) is 58.7 Å². The second-order valence-electron chi connectivity index (χ2n) is 5.84. The molecular formula is C15H27N3O2. The Hall–Kier alpha value is -1.36. The maximum absolute atomic E-state index is 10.7. The molecule has 5 nitrogen and oxygen atoms in total. The van der Waals surface area contributed by atoms with Crippen LogP contribution in [0.3, 0.4) is 0 Å². The van der Waals surface area contributed by atoms with E-state index in [0.29, 0.717) is 12.1 Å². The quantitative estimate of drug-likeness (QED) is 0.730. The molecule has 2 atom stereocenters. The zero-order chi connectivity index (χ0) is 15.1. The second-order valence-corrected chi connectivity index (χ2v) is 5.84. The molecule has 0 aromatic carbocycles. The van der Waals surface area contributed by atoms with Gasteiger partial charge in [-0.25, -0.2) is 4.98 Å². The molecule has 0 aliphatic heterocycles. The molecular weight excluding hydrogens is 254 g/mol. The van der Waals surface area contributed by atoms with Crippen molar-refractivity contribution in [2.45, 2.75) is 65.6 Å². The van der Waals surface area contributed by atoms with Crippen molar-refractivity contribution in [3.05, 3.63) is 18.2 Å². The first-order chi connectivity index (χ1) is 9.41. The van der Waals surface area contributed by atoms with E-state index in [-0.39, 0.29) is 5.92 Å². The lowest BCUT2D eigenvalue weighted by molar-refractivity contribution is -0.141. The number of carboxylic acid groups (broad SMARTS) is 1. The van der Waals surface area contributed by atoms with Crippen LogP contribution in [-0.4, -0.2) is 26.7 Å². The molecule has 0 fully saturated rings. The van der Waals surface area contributed by atoms with Gasteiger partial charge < -0.3 is 15.0 Å². The molecule has 0 saturated carbocycles. The fourth-order valence-electron chi connectivity index (χ4n) is 2.17. The van der Waals surface area contributed by atoms with Gasteiger partial charge in [-0.2, -0.15) is 0 Å². The van der Waals surface area contributed by atoms with Gasteiger partial charge in [0.15, 0.2) is 0 Å². The number of nitrogens with one attached hydrogen (secondary N) is 1. The van der Waals surface area contributed by atoms with Gasteiger partial charge >= 0.3 is 5.97 Å². The van der Waals surface area contributed by atoms with Crippen molar-refractivity contribution in [1.29, 1.82) is 0 Å². The van der Waals surface area contributed by atoms with E-state index in [0.717, 1.165) is 25.8 Å². The summed E-state index contributed by atoms with van der Waals surface area (Å²) in [7, 11) is 0. The topological polar surface area (TPSA) is 67.2 Å². The van der Waals surface area contributed by atoms with Crippen LogP contribution < -0.4 is 5.32 Å². The summed E-state index contributed by atoms with van der Waals surface area (Å²) in [6, 6.07) is 0.799. The molecule has 2 N–H and O–H groups in total. The second kappa shape index (κ2) is 8.04. The van der Waals surface area contributed by atoms with E-state index >= 15 is 0 Å². The minimum atomic E-state index is -0.702. The van der Waals surface area contributed by atoms with E-state index < -0.39 is 5.97 Å². The largest absolute Gasteiger partial charge is 0.481 e. The molecule has 0 spiro atoms. The maximum Gasteiger partial charge on any atom is 0.306 e. The smallest absolute Gasteiger partial charge is 0.306 e. The summed E-state index contributed by atoms with van der Waals surface area (Å²) in [6.45, 7) is 8.99. The van der Waals surface area contributed by atoms with Gasteiger partial charge in [0.2, 0.25) is 0 Å². The molecule has 2 unspecified atom stereocenters. The van der Waals surface area contributed by atoms with Gasteiger partial charge in [0, 0.05) is 24.8 Å². The van der Waals surface area contributed by atoms with Crippen molar-refractivity contribution in [3.63, 3.8) is 0 Å². The first-order valence-electron chi connectivity index (χ1n) is 7.38. The van der Waals surface area contributed by atoms with Crippen LogP contribution >= 0.6 is 0 Å². The Morgan fingerprint density at radius 1 is 1.35 bits per heavy atom. The summed E-state index contributed by atoms with van der Waals surface area (Å²) in [6.07, 6.45) is 6.43. The summed E-state index contributed by atoms with van der Waals surface area (Å²) in [5, 5.41) is 12.3. The van der Waals surface area contributed by atoms with E-state index in [1.165, 1.54) is 5.69 Å². The van der Waals surface area contributed by atoms with Crippen molar-refractivity contribution < 1.29 is 9.90 Å². The molecule has 1 aromatic heterocycles. The van der Waals surface area contributed by atoms with E-state index in [9.17, 15) is 4.79 Å². The number of nitrogens with zero attached hydrogens (tertiary/aromatic N) is 2. The van der Waals surface area contributed by atoms with Gasteiger partial charge in [-0.1, -0.05) is 13.3 Å². The number of aliphatic carboxylic acids is 1. The predicted molar refractivity (Wildman–Crippen MR) is 79.6 cm³/mol. The molecule has 0 aliphatic carbocycles. The van der Waals surface area contributed by atoms with Crippen LogP contribution in [-0.2, 0) is 11.3 Å². The number of hydrogen-bond donors (Lipinski definition) is 2. The van der Waals surface area contributed by atoms with E-state index in [4.69, 9.17) is 5.11 Å². The van der Waals surface area contributed by atoms with Gasteiger partial charge in [-0.15, -0.1) is 0 Å². The minimum Gasteiger partial charge on any atom is -0.481 e. The average molecular weight is 281 g/mol. The number of hydrogen-bond acceptors (Lipinski definition) is 3. The monoisotopic (exact) mass is 281 g/mol. The van der Waals surface area contributed by atoms with Gasteiger partial charge in [0.1, 0.15) is 0 Å². The summed E-state index contributed by atoms with van der Waals surface area (Å²) in [4.78, 5) is 14.9. The Balaban J connectivity index is 2.27. The van der Waals surface area contributed by atoms with Crippen LogP contribution in [0, 0.1) is 5.92 Å². The predicted octanol–water partition coefficient (Wildman–Crippen LogP) is 2.83. The highest BCUT2D eigenvalue weighted by Crippen LogP contribution is 2.11. The van der Waals surface area contributed by atoms with Crippen molar-refractivity contribution in [1.82, 2.24) is 14.9 Å². The van der Waals surface area contributed by atoms with Gasteiger partial charge in [-0.3, -0.25) is 4.79 Å². The van der Waals surface area contributed by atoms with Gasteiger partial charge in [0.05, 0.1) is 17.9 Å². The molecule has 0 amide bonds. The van der Waals surface area contributed by atoms with Crippen LogP contribution in [0.5, 0.6) is 0 Å². The van der Waals surface area contributed by atoms with Crippen molar-refractivity contribution in [2.24, 2.45) is 5.92 Å². The van der Waals surface area contributed by atoms with Crippen molar-refractivity contribution in [3.8, 4) is 0 Å². The number of rotatable bonds is 9. The normalized spacial score (nSPS) is 14.4. The number of aromatic nitrogens is 2. The Morgan fingerprint density at radius 2 is 2.05 bits per heavy atom. The molecule has 5 heteroatoms. The minimum absolute atomic E-state index is 0.246. The molecule has 0 bridgehead atoms.